The zero-order valence-electron chi connectivity index (χ0n) is 8.25. The van der Waals surface area contributed by atoms with Gasteiger partial charge in [-0.15, -0.1) is 0 Å². The Morgan fingerprint density at radius 2 is 2.08 bits per heavy atom. The fourth-order valence-electron chi connectivity index (χ4n) is 1.37. The lowest BCUT2D eigenvalue weighted by Crippen LogP contribution is -2.60. The summed E-state index contributed by atoms with van der Waals surface area (Å²) in [6.07, 6.45) is -0.339. The van der Waals surface area contributed by atoms with E-state index >= 15 is 0 Å². The quantitative estimate of drug-likeness (QED) is 0.597. The van der Waals surface area contributed by atoms with Gasteiger partial charge in [0.2, 0.25) is 0 Å². The third kappa shape index (κ3) is 2.44. The Kier molecular flexibility index (Phi) is 3.50. The highest BCUT2D eigenvalue weighted by Gasteiger charge is 2.26. The van der Waals surface area contributed by atoms with Gasteiger partial charge in [-0.05, 0) is 12.5 Å². The Bertz CT molecular complexity index is 132. The molecule has 1 unspecified atom stereocenters. The van der Waals surface area contributed by atoms with Crippen molar-refractivity contribution in [2.75, 3.05) is 19.6 Å². The van der Waals surface area contributed by atoms with E-state index in [9.17, 15) is 5.11 Å². The molecule has 1 atom stereocenters. The molecule has 0 aromatic carbocycles. The van der Waals surface area contributed by atoms with Crippen LogP contribution in [0.15, 0.2) is 0 Å². The largest absolute Gasteiger partial charge is 0.378 e. The van der Waals surface area contributed by atoms with Gasteiger partial charge in [0.05, 0.1) is 0 Å². The van der Waals surface area contributed by atoms with E-state index in [-0.39, 0.29) is 6.23 Å². The normalized spacial score (nSPS) is 22.8. The molecule has 72 valence electrons. The highest BCUT2D eigenvalue weighted by molar-refractivity contribution is 4.85. The summed E-state index contributed by atoms with van der Waals surface area (Å²) in [6.45, 7) is 9.49. The average molecular weight is 172 g/mol. The Balaban J connectivity index is 2.10. The number of nitrogens with one attached hydrogen (secondary N) is 1. The van der Waals surface area contributed by atoms with Crippen molar-refractivity contribution in [3.63, 3.8) is 0 Å². The SMILES string of the molecule is CCN1CC(NC(O)C(C)C)C1. The minimum absolute atomic E-state index is 0.306. The molecule has 1 saturated heterocycles. The minimum Gasteiger partial charge on any atom is -0.378 e. The number of hydrogen-bond donors (Lipinski definition) is 2. The Morgan fingerprint density at radius 1 is 1.50 bits per heavy atom. The molecule has 1 heterocycles. The molecule has 0 saturated carbocycles. The van der Waals surface area contributed by atoms with Crippen LogP contribution in [0.25, 0.3) is 0 Å². The fraction of sp³-hybridized carbons (Fsp3) is 1.00. The van der Waals surface area contributed by atoms with Crippen molar-refractivity contribution in [1.29, 1.82) is 0 Å². The van der Waals surface area contributed by atoms with Gasteiger partial charge in [0, 0.05) is 19.1 Å². The van der Waals surface area contributed by atoms with E-state index in [0.29, 0.717) is 12.0 Å². The van der Waals surface area contributed by atoms with E-state index in [4.69, 9.17) is 0 Å². The van der Waals surface area contributed by atoms with Gasteiger partial charge in [-0.2, -0.15) is 0 Å². The van der Waals surface area contributed by atoms with Gasteiger partial charge < -0.3 is 10.0 Å². The fourth-order valence-corrected chi connectivity index (χ4v) is 1.37. The van der Waals surface area contributed by atoms with E-state index in [0.717, 1.165) is 19.6 Å². The van der Waals surface area contributed by atoms with E-state index in [1.165, 1.54) is 0 Å². The lowest BCUT2D eigenvalue weighted by Gasteiger charge is -2.40. The van der Waals surface area contributed by atoms with Crippen LogP contribution in [0.4, 0.5) is 0 Å². The average Bonchev–Trinajstić information content (AvgIpc) is 1.94. The highest BCUT2D eigenvalue weighted by atomic mass is 16.3. The molecule has 1 aliphatic heterocycles. The molecule has 3 heteroatoms. The molecular weight excluding hydrogens is 152 g/mol. The lowest BCUT2D eigenvalue weighted by atomic mass is 10.1. The molecule has 0 bridgehead atoms. The van der Waals surface area contributed by atoms with Crippen LogP contribution in [-0.4, -0.2) is 41.9 Å². The maximum Gasteiger partial charge on any atom is 0.107 e. The third-order valence-corrected chi connectivity index (χ3v) is 2.44. The summed E-state index contributed by atoms with van der Waals surface area (Å²) >= 11 is 0. The maximum absolute atomic E-state index is 9.49. The maximum atomic E-state index is 9.49. The first-order chi connectivity index (χ1) is 5.63. The molecule has 0 amide bonds. The van der Waals surface area contributed by atoms with Crippen LogP contribution in [0.1, 0.15) is 20.8 Å². The number of aliphatic hydroxyl groups excluding tert-OH is 1. The van der Waals surface area contributed by atoms with Gasteiger partial charge in [-0.25, -0.2) is 0 Å². The lowest BCUT2D eigenvalue weighted by molar-refractivity contribution is 0.0343. The predicted molar refractivity (Wildman–Crippen MR) is 49.9 cm³/mol. The first-order valence-electron chi connectivity index (χ1n) is 4.80. The van der Waals surface area contributed by atoms with E-state index in [2.05, 4.69) is 17.1 Å². The van der Waals surface area contributed by atoms with Crippen molar-refractivity contribution in [1.82, 2.24) is 10.2 Å². The van der Waals surface area contributed by atoms with Gasteiger partial charge in [-0.3, -0.25) is 5.32 Å². The van der Waals surface area contributed by atoms with Crippen LogP contribution < -0.4 is 5.32 Å². The number of aliphatic hydroxyl groups is 1. The zero-order chi connectivity index (χ0) is 9.14. The molecule has 1 aliphatic rings. The number of hydrogen-bond acceptors (Lipinski definition) is 3. The van der Waals surface area contributed by atoms with E-state index in [1.807, 2.05) is 13.8 Å². The second-order valence-corrected chi connectivity index (χ2v) is 3.90. The Labute approximate surface area is 74.8 Å². The highest BCUT2D eigenvalue weighted by Crippen LogP contribution is 2.08. The Hall–Kier alpha value is -0.120. The first-order valence-corrected chi connectivity index (χ1v) is 4.80. The van der Waals surface area contributed by atoms with Crippen molar-refractivity contribution in [3.8, 4) is 0 Å². The van der Waals surface area contributed by atoms with Crippen molar-refractivity contribution >= 4 is 0 Å². The molecule has 0 aromatic heterocycles. The molecular formula is C9H20N2O. The molecule has 0 aliphatic carbocycles. The molecule has 12 heavy (non-hydrogen) atoms. The second-order valence-electron chi connectivity index (χ2n) is 3.90. The molecule has 0 aromatic rings. The summed E-state index contributed by atoms with van der Waals surface area (Å²) < 4.78 is 0. The van der Waals surface area contributed by atoms with Gasteiger partial charge in [-0.1, -0.05) is 20.8 Å². The summed E-state index contributed by atoms with van der Waals surface area (Å²) in [5.41, 5.74) is 0. The smallest absolute Gasteiger partial charge is 0.107 e. The van der Waals surface area contributed by atoms with Gasteiger partial charge >= 0.3 is 0 Å². The zero-order valence-corrected chi connectivity index (χ0v) is 8.25. The van der Waals surface area contributed by atoms with Gasteiger partial charge in [0.25, 0.3) is 0 Å². The van der Waals surface area contributed by atoms with Crippen LogP contribution in [0.3, 0.4) is 0 Å². The van der Waals surface area contributed by atoms with Crippen molar-refractivity contribution < 1.29 is 5.11 Å². The monoisotopic (exact) mass is 172 g/mol. The van der Waals surface area contributed by atoms with Gasteiger partial charge in [0.1, 0.15) is 6.23 Å². The number of likely N-dealkylation sites (N-methyl/N-ethyl adjacent to an activating group) is 1. The Morgan fingerprint density at radius 3 is 2.50 bits per heavy atom. The van der Waals surface area contributed by atoms with Crippen molar-refractivity contribution in [3.05, 3.63) is 0 Å². The predicted octanol–water partition coefficient (Wildman–Crippen LogP) is 0.254. The van der Waals surface area contributed by atoms with Crippen LogP contribution in [0.2, 0.25) is 0 Å². The molecule has 2 N–H and O–H groups in total. The summed E-state index contributed by atoms with van der Waals surface area (Å²) in [6, 6.07) is 0.502. The summed E-state index contributed by atoms with van der Waals surface area (Å²) in [4.78, 5) is 2.35. The van der Waals surface area contributed by atoms with Crippen molar-refractivity contribution in [2.24, 2.45) is 5.92 Å². The standard InChI is InChI=1S/C9H20N2O/c1-4-11-5-8(6-11)10-9(12)7(2)3/h7-10,12H,4-6H2,1-3H3. The number of likely N-dealkylation sites (tertiary alicyclic amines) is 1. The molecule has 0 spiro atoms. The van der Waals surface area contributed by atoms with Gasteiger partial charge in [0.15, 0.2) is 0 Å². The van der Waals surface area contributed by atoms with Crippen LogP contribution >= 0.6 is 0 Å². The van der Waals surface area contributed by atoms with E-state index in [1.54, 1.807) is 0 Å². The topological polar surface area (TPSA) is 35.5 Å². The number of nitrogens with zero attached hydrogens (tertiary/aromatic N) is 1. The van der Waals surface area contributed by atoms with Crippen LogP contribution in [-0.2, 0) is 0 Å². The summed E-state index contributed by atoms with van der Waals surface area (Å²) in [7, 11) is 0. The first kappa shape index (κ1) is 9.96. The van der Waals surface area contributed by atoms with E-state index < -0.39 is 0 Å². The minimum atomic E-state index is -0.339. The molecule has 0 radical (unpaired) electrons. The summed E-state index contributed by atoms with van der Waals surface area (Å²) in [5.74, 6) is 0.306. The van der Waals surface area contributed by atoms with Crippen LogP contribution in [0, 0.1) is 5.92 Å². The number of rotatable bonds is 4. The van der Waals surface area contributed by atoms with Crippen molar-refractivity contribution in [2.45, 2.75) is 33.0 Å². The molecule has 3 nitrogen and oxygen atoms in total. The molecule has 1 fully saturated rings. The third-order valence-electron chi connectivity index (χ3n) is 2.44. The summed E-state index contributed by atoms with van der Waals surface area (Å²) in [5, 5.41) is 12.7. The van der Waals surface area contributed by atoms with Crippen LogP contribution in [0.5, 0.6) is 0 Å². The second kappa shape index (κ2) is 4.21. The molecule has 1 rings (SSSR count).